The fourth-order valence-corrected chi connectivity index (χ4v) is 8.32. The molecule has 0 heterocycles. The molecule has 1 unspecified atom stereocenters. The first-order chi connectivity index (χ1) is 30.5. The molecule has 0 spiro atoms. The minimum atomic E-state index is -0.766. The molecule has 0 fully saturated rings. The van der Waals surface area contributed by atoms with E-state index >= 15 is 0 Å². The van der Waals surface area contributed by atoms with E-state index in [2.05, 4.69) is 32.9 Å². The Balaban J connectivity index is 4.26. The molecule has 0 saturated heterocycles. The van der Waals surface area contributed by atoms with Gasteiger partial charge in [-0.15, -0.1) is 0 Å². The zero-order valence-corrected chi connectivity index (χ0v) is 41.9. The van der Waals surface area contributed by atoms with Gasteiger partial charge in [-0.1, -0.05) is 258 Å². The lowest BCUT2D eigenvalue weighted by Crippen LogP contribution is -2.30. The molecule has 0 aromatic carbocycles. The van der Waals surface area contributed by atoms with Gasteiger partial charge in [-0.2, -0.15) is 0 Å². The number of rotatable bonds is 51. The van der Waals surface area contributed by atoms with Crippen LogP contribution in [0, 0.1) is 0 Å². The Kier molecular flexibility index (Phi) is 50.2. The van der Waals surface area contributed by atoms with Gasteiger partial charge in [0, 0.05) is 19.3 Å². The maximum absolute atomic E-state index is 12.8. The fraction of sp³-hybridized carbons (Fsp3) is 0.911. The van der Waals surface area contributed by atoms with Crippen LogP contribution in [-0.2, 0) is 28.6 Å². The summed E-state index contributed by atoms with van der Waals surface area (Å²) >= 11 is 0. The number of allylic oxidation sites excluding steroid dienone is 2. The summed E-state index contributed by atoms with van der Waals surface area (Å²) in [5, 5.41) is 0. The van der Waals surface area contributed by atoms with Crippen molar-refractivity contribution in [2.45, 2.75) is 316 Å². The van der Waals surface area contributed by atoms with Crippen LogP contribution in [0.2, 0.25) is 0 Å². The number of carbonyl (C=O) groups is 3. The molecule has 0 saturated carbocycles. The molecule has 0 bridgehead atoms. The molecule has 0 N–H and O–H groups in total. The third-order valence-electron chi connectivity index (χ3n) is 12.5. The number of unbranched alkanes of at least 4 members (excludes halogenated alkanes) is 38. The van der Waals surface area contributed by atoms with Crippen molar-refractivity contribution in [2.75, 3.05) is 13.2 Å². The molecule has 0 aromatic rings. The highest BCUT2D eigenvalue weighted by atomic mass is 16.6. The zero-order chi connectivity index (χ0) is 45.1. The Morgan fingerprint density at radius 2 is 0.532 bits per heavy atom. The van der Waals surface area contributed by atoms with E-state index in [0.717, 1.165) is 64.2 Å². The lowest BCUT2D eigenvalue weighted by Gasteiger charge is -2.18. The molecule has 366 valence electrons. The topological polar surface area (TPSA) is 78.9 Å². The Labute approximate surface area is 386 Å². The molecule has 0 amide bonds. The van der Waals surface area contributed by atoms with Crippen molar-refractivity contribution >= 4 is 17.9 Å². The second-order valence-corrected chi connectivity index (χ2v) is 18.9. The number of carbonyl (C=O) groups excluding carboxylic acids is 3. The lowest BCUT2D eigenvalue weighted by molar-refractivity contribution is -0.167. The van der Waals surface area contributed by atoms with Crippen LogP contribution in [0.15, 0.2) is 12.2 Å². The molecule has 0 aromatic heterocycles. The van der Waals surface area contributed by atoms with Gasteiger partial charge in [0.25, 0.3) is 0 Å². The van der Waals surface area contributed by atoms with Crippen LogP contribution in [-0.4, -0.2) is 37.2 Å². The van der Waals surface area contributed by atoms with Gasteiger partial charge in [0.2, 0.25) is 0 Å². The average molecular weight is 875 g/mol. The Bertz CT molecular complexity index is 962. The predicted molar refractivity (Wildman–Crippen MR) is 266 cm³/mol. The third-order valence-corrected chi connectivity index (χ3v) is 12.5. The number of ether oxygens (including phenoxy) is 3. The van der Waals surface area contributed by atoms with Gasteiger partial charge >= 0.3 is 17.9 Å². The van der Waals surface area contributed by atoms with Crippen molar-refractivity contribution in [1.82, 2.24) is 0 Å². The lowest BCUT2D eigenvalue weighted by atomic mass is 10.0. The van der Waals surface area contributed by atoms with Gasteiger partial charge in [0.05, 0.1) is 0 Å². The highest BCUT2D eigenvalue weighted by Crippen LogP contribution is 2.17. The molecule has 1 atom stereocenters. The van der Waals surface area contributed by atoms with E-state index in [0.29, 0.717) is 19.3 Å². The summed E-state index contributed by atoms with van der Waals surface area (Å²) in [6.07, 6.45) is 57.7. The van der Waals surface area contributed by atoms with Crippen LogP contribution in [0.3, 0.4) is 0 Å². The first kappa shape index (κ1) is 60.2. The van der Waals surface area contributed by atoms with Crippen LogP contribution in [0.4, 0.5) is 0 Å². The molecule has 0 aliphatic carbocycles. The molecule has 6 heteroatoms. The molecule has 0 radical (unpaired) electrons. The fourth-order valence-electron chi connectivity index (χ4n) is 8.32. The van der Waals surface area contributed by atoms with E-state index in [1.165, 1.54) is 205 Å². The first-order valence-corrected chi connectivity index (χ1v) is 27.7. The Morgan fingerprint density at radius 1 is 0.306 bits per heavy atom. The first-order valence-electron chi connectivity index (χ1n) is 27.7. The summed E-state index contributed by atoms with van der Waals surface area (Å²) in [4.78, 5) is 38.0. The van der Waals surface area contributed by atoms with E-state index in [-0.39, 0.29) is 31.1 Å². The zero-order valence-electron chi connectivity index (χ0n) is 41.9. The van der Waals surface area contributed by atoms with Crippen LogP contribution < -0.4 is 0 Å². The smallest absolute Gasteiger partial charge is 0.306 e. The van der Waals surface area contributed by atoms with E-state index in [9.17, 15) is 14.4 Å². The maximum Gasteiger partial charge on any atom is 0.306 e. The Morgan fingerprint density at radius 3 is 0.839 bits per heavy atom. The molecular formula is C56H106O6. The van der Waals surface area contributed by atoms with E-state index in [4.69, 9.17) is 14.2 Å². The summed E-state index contributed by atoms with van der Waals surface area (Å²) < 4.78 is 16.8. The Hall–Kier alpha value is -1.85. The summed E-state index contributed by atoms with van der Waals surface area (Å²) in [5.74, 6) is -0.856. The summed E-state index contributed by atoms with van der Waals surface area (Å²) in [6, 6.07) is 0. The summed E-state index contributed by atoms with van der Waals surface area (Å²) in [6.45, 7) is 6.65. The number of hydrogen-bond acceptors (Lipinski definition) is 6. The molecule has 0 aliphatic heterocycles. The van der Waals surface area contributed by atoms with Gasteiger partial charge in [-0.3, -0.25) is 14.4 Å². The van der Waals surface area contributed by atoms with Gasteiger partial charge in [-0.25, -0.2) is 0 Å². The van der Waals surface area contributed by atoms with Crippen LogP contribution in [0.5, 0.6) is 0 Å². The van der Waals surface area contributed by atoms with E-state index < -0.39 is 6.10 Å². The minimum Gasteiger partial charge on any atom is -0.462 e. The van der Waals surface area contributed by atoms with Crippen LogP contribution >= 0.6 is 0 Å². The van der Waals surface area contributed by atoms with Crippen LogP contribution in [0.1, 0.15) is 310 Å². The third kappa shape index (κ3) is 49.2. The van der Waals surface area contributed by atoms with Crippen molar-refractivity contribution in [2.24, 2.45) is 0 Å². The molecule has 0 aliphatic rings. The minimum absolute atomic E-state index is 0.0668. The average Bonchev–Trinajstić information content (AvgIpc) is 3.27. The molecule has 6 nitrogen and oxygen atoms in total. The number of esters is 3. The monoisotopic (exact) mass is 875 g/mol. The highest BCUT2D eigenvalue weighted by Gasteiger charge is 2.19. The number of hydrogen-bond donors (Lipinski definition) is 0. The van der Waals surface area contributed by atoms with Gasteiger partial charge in [-0.05, 0) is 44.9 Å². The van der Waals surface area contributed by atoms with Gasteiger partial charge < -0.3 is 14.2 Å². The van der Waals surface area contributed by atoms with Crippen molar-refractivity contribution in [3.8, 4) is 0 Å². The summed E-state index contributed by atoms with van der Waals surface area (Å²) in [7, 11) is 0. The highest BCUT2D eigenvalue weighted by molar-refractivity contribution is 5.71. The maximum atomic E-state index is 12.8. The quantitative estimate of drug-likeness (QED) is 0.0262. The van der Waals surface area contributed by atoms with Gasteiger partial charge in [0.1, 0.15) is 13.2 Å². The van der Waals surface area contributed by atoms with E-state index in [1.807, 2.05) is 0 Å². The van der Waals surface area contributed by atoms with Crippen molar-refractivity contribution < 1.29 is 28.6 Å². The largest absolute Gasteiger partial charge is 0.462 e. The van der Waals surface area contributed by atoms with Crippen molar-refractivity contribution in [3.05, 3.63) is 12.2 Å². The SMILES string of the molecule is CCCCC/C=C\CCCCCCCC(=O)OCC(COC(=O)CCCCCCCCCCCCCCCCCCCCC)OC(=O)CCCCCCCCCCCCCCC. The predicted octanol–water partition coefficient (Wildman–Crippen LogP) is 18.2. The van der Waals surface area contributed by atoms with E-state index in [1.54, 1.807) is 0 Å². The van der Waals surface area contributed by atoms with Gasteiger partial charge in [0.15, 0.2) is 6.10 Å². The standard InChI is InChI=1S/C56H106O6/c1-4-7-10-13-16-19-22-25-26-27-28-29-30-32-34-37-40-43-46-49-55(58)61-52-53(51-60-54(57)48-45-42-39-36-33-24-21-18-15-12-9-6-3)62-56(59)50-47-44-41-38-35-31-23-20-17-14-11-8-5-2/h18,21,53H,4-17,19-20,22-52H2,1-3H3/b21-18-. The molecular weight excluding hydrogens is 769 g/mol. The molecule has 62 heavy (non-hydrogen) atoms. The van der Waals surface area contributed by atoms with Crippen molar-refractivity contribution in [3.63, 3.8) is 0 Å². The molecule has 0 rings (SSSR count). The van der Waals surface area contributed by atoms with Crippen molar-refractivity contribution in [1.29, 1.82) is 0 Å². The normalized spacial score (nSPS) is 12.0. The summed E-state index contributed by atoms with van der Waals surface area (Å²) in [5.41, 5.74) is 0. The second kappa shape index (κ2) is 51.8. The van der Waals surface area contributed by atoms with Crippen LogP contribution in [0.25, 0.3) is 0 Å². The second-order valence-electron chi connectivity index (χ2n) is 18.9.